The Balaban J connectivity index is 2.19. The molecule has 0 atom stereocenters. The largest absolute Gasteiger partial charge is 0.518 e. The van der Waals surface area contributed by atoms with Gasteiger partial charge in [0.2, 0.25) is 0 Å². The first-order valence-electron chi connectivity index (χ1n) is 10.6. The first kappa shape index (κ1) is 22.9. The number of ether oxygens (including phenoxy) is 4. The van der Waals surface area contributed by atoms with Crippen molar-refractivity contribution in [1.29, 1.82) is 0 Å². The highest BCUT2D eigenvalue weighted by molar-refractivity contribution is 6.13. The van der Waals surface area contributed by atoms with Crippen LogP contribution in [0.4, 0.5) is 9.59 Å². The molecule has 32 heavy (non-hydrogen) atoms. The van der Waals surface area contributed by atoms with E-state index in [1.54, 1.807) is 24.3 Å². The molecule has 0 aliphatic heterocycles. The lowest BCUT2D eigenvalue weighted by atomic mass is 9.96. The zero-order chi connectivity index (χ0) is 22.9. The van der Waals surface area contributed by atoms with E-state index in [4.69, 9.17) is 18.9 Å². The van der Waals surface area contributed by atoms with E-state index in [0.717, 1.165) is 18.4 Å². The molecule has 0 bridgehead atoms. The molecule has 0 N–H and O–H groups in total. The monoisotopic (exact) mass is 434 g/mol. The van der Waals surface area contributed by atoms with E-state index < -0.39 is 12.3 Å². The van der Waals surface area contributed by atoms with Gasteiger partial charge in [-0.05, 0) is 37.0 Å². The number of carbonyl (C=O) groups is 2. The zero-order valence-corrected chi connectivity index (χ0v) is 18.4. The molecule has 0 saturated heterocycles. The molecule has 3 aromatic rings. The van der Waals surface area contributed by atoms with E-state index in [0.29, 0.717) is 39.5 Å². The first-order valence-corrected chi connectivity index (χ1v) is 10.6. The normalized spacial score (nSPS) is 11.3. The van der Waals surface area contributed by atoms with Crippen molar-refractivity contribution in [3.05, 3.63) is 72.7 Å². The van der Waals surface area contributed by atoms with Crippen LogP contribution < -0.4 is 9.47 Å². The number of hydrogen-bond acceptors (Lipinski definition) is 6. The lowest BCUT2D eigenvalue weighted by Crippen LogP contribution is -2.10. The summed E-state index contributed by atoms with van der Waals surface area (Å²) in [6.07, 6.45) is 6.49. The fourth-order valence-electron chi connectivity index (χ4n) is 3.34. The summed E-state index contributed by atoms with van der Waals surface area (Å²) in [4.78, 5) is 24.7. The van der Waals surface area contributed by atoms with Crippen LogP contribution in [0, 0.1) is 0 Å². The number of hydrogen-bond donors (Lipinski definition) is 0. The number of rotatable bonds is 7. The van der Waals surface area contributed by atoms with Gasteiger partial charge in [0.25, 0.3) is 0 Å². The van der Waals surface area contributed by atoms with Crippen LogP contribution in [-0.2, 0) is 15.9 Å². The van der Waals surface area contributed by atoms with Gasteiger partial charge in [0, 0.05) is 21.5 Å². The van der Waals surface area contributed by atoms with E-state index in [1.165, 1.54) is 12.5 Å². The molecule has 0 aliphatic rings. The standard InChI is InChI=1S/C26H26O6/c1-4-7-16-29-25(27)31-23-19-13-9-10-14-20(19)24(32-26(28)30-17-8-5-2)22-18(6-3)12-11-15-21(22)23/h7-17H,4-6H2,1-3H3/b16-7+,17-8+. The fraction of sp³-hybridized carbons (Fsp3) is 0.231. The van der Waals surface area contributed by atoms with E-state index >= 15 is 0 Å². The quantitative estimate of drug-likeness (QED) is 0.167. The third-order valence-corrected chi connectivity index (χ3v) is 4.78. The summed E-state index contributed by atoms with van der Waals surface area (Å²) in [5.41, 5.74) is 0.934. The Morgan fingerprint density at radius 1 is 0.719 bits per heavy atom. The maximum atomic E-state index is 12.4. The zero-order valence-electron chi connectivity index (χ0n) is 18.4. The third-order valence-electron chi connectivity index (χ3n) is 4.78. The molecule has 3 aromatic carbocycles. The second-order valence-corrected chi connectivity index (χ2v) is 6.90. The maximum Gasteiger partial charge on any atom is 0.518 e. The minimum absolute atomic E-state index is 0.340. The van der Waals surface area contributed by atoms with Crippen molar-refractivity contribution in [2.24, 2.45) is 0 Å². The van der Waals surface area contributed by atoms with Gasteiger partial charge in [-0.2, -0.15) is 0 Å². The van der Waals surface area contributed by atoms with Crippen LogP contribution in [0.5, 0.6) is 11.5 Å². The molecule has 0 aromatic heterocycles. The predicted octanol–water partition coefficient (Wildman–Crippen LogP) is 7.43. The van der Waals surface area contributed by atoms with Gasteiger partial charge in [-0.15, -0.1) is 0 Å². The molecule has 166 valence electrons. The lowest BCUT2D eigenvalue weighted by Gasteiger charge is -2.17. The van der Waals surface area contributed by atoms with Crippen LogP contribution in [-0.4, -0.2) is 12.3 Å². The summed E-state index contributed by atoms with van der Waals surface area (Å²) in [7, 11) is 0. The van der Waals surface area contributed by atoms with Gasteiger partial charge in [0.1, 0.15) is 5.75 Å². The maximum absolute atomic E-state index is 12.4. The Morgan fingerprint density at radius 2 is 1.25 bits per heavy atom. The molecular formula is C26H26O6. The van der Waals surface area contributed by atoms with Crippen LogP contribution in [0.1, 0.15) is 39.2 Å². The van der Waals surface area contributed by atoms with Gasteiger partial charge in [-0.1, -0.05) is 63.2 Å². The van der Waals surface area contributed by atoms with Gasteiger partial charge >= 0.3 is 12.3 Å². The molecule has 0 spiro atoms. The number of benzene rings is 3. The van der Waals surface area contributed by atoms with Gasteiger partial charge in [-0.25, -0.2) is 9.59 Å². The SMILES string of the molecule is CC/C=C/OC(=O)Oc1c2ccccc2c(OC(=O)O/C=C/CC)c2c(CC)cccc12. The molecule has 0 fully saturated rings. The highest BCUT2D eigenvalue weighted by Gasteiger charge is 2.22. The number of aryl methyl sites for hydroxylation is 1. The van der Waals surface area contributed by atoms with Crippen LogP contribution in [0.3, 0.4) is 0 Å². The van der Waals surface area contributed by atoms with Crippen LogP contribution in [0.25, 0.3) is 21.5 Å². The summed E-state index contributed by atoms with van der Waals surface area (Å²) in [6.45, 7) is 5.86. The van der Waals surface area contributed by atoms with E-state index in [-0.39, 0.29) is 0 Å². The second kappa shape index (κ2) is 11.0. The molecule has 0 amide bonds. The molecule has 0 aliphatic carbocycles. The van der Waals surface area contributed by atoms with E-state index in [2.05, 4.69) is 0 Å². The van der Waals surface area contributed by atoms with Crippen molar-refractivity contribution in [3.63, 3.8) is 0 Å². The number of fused-ring (bicyclic) bond motifs is 2. The number of allylic oxidation sites excluding steroid dienone is 2. The third kappa shape index (κ3) is 5.09. The molecule has 6 heteroatoms. The molecule has 6 nitrogen and oxygen atoms in total. The van der Waals surface area contributed by atoms with Gasteiger partial charge in [0.05, 0.1) is 12.5 Å². The van der Waals surface area contributed by atoms with Gasteiger partial charge in [-0.3, -0.25) is 0 Å². The average Bonchev–Trinajstić information content (AvgIpc) is 2.81. The topological polar surface area (TPSA) is 71.1 Å². The van der Waals surface area contributed by atoms with Crippen molar-refractivity contribution in [2.45, 2.75) is 40.0 Å². The van der Waals surface area contributed by atoms with Crippen LogP contribution in [0.2, 0.25) is 0 Å². The Labute approximate surface area is 187 Å². The molecular weight excluding hydrogens is 408 g/mol. The summed E-state index contributed by atoms with van der Waals surface area (Å²) in [6, 6.07) is 12.9. The van der Waals surface area contributed by atoms with Crippen LogP contribution >= 0.6 is 0 Å². The fourth-order valence-corrected chi connectivity index (χ4v) is 3.34. The minimum Gasteiger partial charge on any atom is -0.403 e. The average molecular weight is 434 g/mol. The van der Waals surface area contributed by atoms with Crippen molar-refractivity contribution in [2.75, 3.05) is 0 Å². The Morgan fingerprint density at radius 3 is 1.81 bits per heavy atom. The summed E-state index contributed by atoms with van der Waals surface area (Å²) >= 11 is 0. The molecule has 0 radical (unpaired) electrons. The molecule has 3 rings (SSSR count). The lowest BCUT2D eigenvalue weighted by molar-refractivity contribution is 0.134. The first-order chi connectivity index (χ1) is 15.6. The van der Waals surface area contributed by atoms with Gasteiger partial charge in [0.15, 0.2) is 5.75 Å². The Hall–Kier alpha value is -3.80. The highest BCUT2D eigenvalue weighted by atomic mass is 16.7. The number of carbonyl (C=O) groups excluding carboxylic acids is 2. The Bertz CT molecular complexity index is 1180. The predicted molar refractivity (Wildman–Crippen MR) is 124 cm³/mol. The molecule has 0 saturated carbocycles. The molecule has 0 heterocycles. The van der Waals surface area contributed by atoms with E-state index in [1.807, 2.05) is 51.1 Å². The summed E-state index contributed by atoms with van der Waals surface area (Å²) in [5.74, 6) is 0.696. The van der Waals surface area contributed by atoms with Crippen molar-refractivity contribution in [3.8, 4) is 11.5 Å². The van der Waals surface area contributed by atoms with E-state index in [9.17, 15) is 9.59 Å². The Kier molecular flexibility index (Phi) is 7.86. The van der Waals surface area contributed by atoms with Crippen LogP contribution in [0.15, 0.2) is 67.1 Å². The van der Waals surface area contributed by atoms with Crippen molar-refractivity contribution < 1.29 is 28.5 Å². The van der Waals surface area contributed by atoms with Crippen molar-refractivity contribution >= 4 is 33.9 Å². The van der Waals surface area contributed by atoms with Gasteiger partial charge < -0.3 is 18.9 Å². The molecule has 0 unspecified atom stereocenters. The summed E-state index contributed by atoms with van der Waals surface area (Å²) < 4.78 is 21.4. The minimum atomic E-state index is -0.846. The smallest absolute Gasteiger partial charge is 0.403 e. The second-order valence-electron chi connectivity index (χ2n) is 6.90. The summed E-state index contributed by atoms with van der Waals surface area (Å²) in [5, 5.41) is 2.53. The van der Waals surface area contributed by atoms with Crippen molar-refractivity contribution in [1.82, 2.24) is 0 Å². The highest BCUT2D eigenvalue weighted by Crippen LogP contribution is 2.44.